The van der Waals surface area contributed by atoms with Crippen LogP contribution in [0.4, 0.5) is 11.4 Å². The van der Waals surface area contributed by atoms with E-state index in [1.165, 1.54) is 46.5 Å². The first-order valence-electron chi connectivity index (χ1n) is 14.4. The molecule has 0 spiro atoms. The number of fused-ring (bicyclic) bond motifs is 1. The number of aryl methyl sites for hydroxylation is 1. The van der Waals surface area contributed by atoms with Crippen LogP contribution in [-0.4, -0.2) is 0 Å². The van der Waals surface area contributed by atoms with E-state index in [2.05, 4.69) is 133 Å². The van der Waals surface area contributed by atoms with E-state index >= 15 is 0 Å². The first-order valence-corrected chi connectivity index (χ1v) is 14.8. The van der Waals surface area contributed by atoms with Crippen LogP contribution in [0.5, 0.6) is 0 Å². The predicted octanol–water partition coefficient (Wildman–Crippen LogP) is 11.4. The Morgan fingerprint density at radius 2 is 1.56 bits per heavy atom. The van der Waals surface area contributed by atoms with Crippen LogP contribution >= 0.6 is 11.6 Å². The maximum Gasteiger partial charge on any atom is 0.0537 e. The third-order valence-corrected chi connectivity index (χ3v) is 9.34. The molecular formula is C37H44ClN. The molecule has 0 amide bonds. The Bertz CT molecular complexity index is 1410. The third-order valence-electron chi connectivity index (χ3n) is 9.12. The van der Waals surface area contributed by atoms with Crippen molar-refractivity contribution in [2.75, 3.05) is 4.90 Å². The topological polar surface area (TPSA) is 3.24 Å². The lowest BCUT2D eigenvalue weighted by Gasteiger charge is -2.50. The van der Waals surface area contributed by atoms with E-state index < -0.39 is 0 Å². The van der Waals surface area contributed by atoms with Gasteiger partial charge in [0.05, 0.1) is 5.69 Å². The molecule has 1 fully saturated rings. The number of nitrogens with zero attached hydrogens (tertiary/aromatic N) is 1. The molecule has 2 heteroatoms. The van der Waals surface area contributed by atoms with Crippen molar-refractivity contribution in [2.24, 2.45) is 16.7 Å². The maximum absolute atomic E-state index is 6.70. The Morgan fingerprint density at radius 1 is 0.846 bits per heavy atom. The highest BCUT2D eigenvalue weighted by molar-refractivity contribution is 6.31. The minimum Gasteiger partial charge on any atom is -0.314 e. The van der Waals surface area contributed by atoms with Gasteiger partial charge in [-0.3, -0.25) is 0 Å². The number of hydrogen-bond acceptors (Lipinski definition) is 1. The summed E-state index contributed by atoms with van der Waals surface area (Å²) in [6.07, 6.45) is 8.34. The highest BCUT2D eigenvalue weighted by Gasteiger charge is 2.45. The zero-order chi connectivity index (χ0) is 28.2. The lowest BCUT2D eigenvalue weighted by Crippen LogP contribution is -2.40. The van der Waals surface area contributed by atoms with Crippen LogP contribution in [0.2, 0.25) is 5.02 Å². The molecule has 0 aromatic heterocycles. The van der Waals surface area contributed by atoms with Gasteiger partial charge < -0.3 is 4.90 Å². The van der Waals surface area contributed by atoms with Gasteiger partial charge in [0.2, 0.25) is 0 Å². The molecule has 2 aliphatic rings. The largest absolute Gasteiger partial charge is 0.314 e. The summed E-state index contributed by atoms with van der Waals surface area (Å²) in [5, 5.41) is 0.773. The van der Waals surface area contributed by atoms with Gasteiger partial charge >= 0.3 is 0 Å². The minimum absolute atomic E-state index is 0.0545. The molecule has 204 valence electrons. The van der Waals surface area contributed by atoms with Gasteiger partial charge in [-0.1, -0.05) is 108 Å². The van der Waals surface area contributed by atoms with Crippen molar-refractivity contribution in [2.45, 2.75) is 80.1 Å². The number of anilines is 2. The third kappa shape index (κ3) is 5.48. The Kier molecular flexibility index (Phi) is 7.13. The number of rotatable bonds is 4. The zero-order valence-corrected chi connectivity index (χ0v) is 25.8. The Hall–Kier alpha value is -2.77. The van der Waals surface area contributed by atoms with Crippen molar-refractivity contribution >= 4 is 23.0 Å². The molecule has 0 saturated heterocycles. The number of benzene rings is 3. The second-order valence-electron chi connectivity index (χ2n) is 14.1. The molecule has 2 aliphatic carbocycles. The summed E-state index contributed by atoms with van der Waals surface area (Å²) in [7, 11) is 0. The van der Waals surface area contributed by atoms with Gasteiger partial charge in [-0.15, -0.1) is 0 Å². The lowest BCUT2D eigenvalue weighted by atomic mass is 9.55. The van der Waals surface area contributed by atoms with E-state index in [0.717, 1.165) is 17.1 Å². The van der Waals surface area contributed by atoms with Gasteiger partial charge in [-0.05, 0) is 101 Å². The highest BCUT2D eigenvalue weighted by atomic mass is 35.5. The number of halogens is 1. The lowest BCUT2D eigenvalue weighted by molar-refractivity contribution is 0.121. The Morgan fingerprint density at radius 3 is 2.23 bits per heavy atom. The van der Waals surface area contributed by atoms with E-state index in [4.69, 9.17) is 11.6 Å². The summed E-state index contributed by atoms with van der Waals surface area (Å²) in [4.78, 5) is 2.48. The predicted molar refractivity (Wildman–Crippen MR) is 170 cm³/mol. The van der Waals surface area contributed by atoms with E-state index in [-0.39, 0.29) is 16.2 Å². The smallest absolute Gasteiger partial charge is 0.0537 e. The molecule has 0 bridgehead atoms. The molecule has 0 radical (unpaired) electrons. The van der Waals surface area contributed by atoms with E-state index in [0.29, 0.717) is 5.92 Å². The quantitative estimate of drug-likeness (QED) is 0.320. The van der Waals surface area contributed by atoms with Crippen molar-refractivity contribution in [3.63, 3.8) is 0 Å². The highest BCUT2D eigenvalue weighted by Crippen LogP contribution is 2.56. The van der Waals surface area contributed by atoms with Gasteiger partial charge in [-0.2, -0.15) is 0 Å². The fourth-order valence-corrected chi connectivity index (χ4v) is 6.84. The van der Waals surface area contributed by atoms with Crippen molar-refractivity contribution < 1.29 is 0 Å². The normalized spacial score (nSPS) is 20.1. The minimum atomic E-state index is 0.0545. The standard InChI is InChI=1S/C37H44ClN/c1-25-20-28(38)23-30(21-25)39(29-15-16-32-33(24-29)37(7,8)19-18-36(32,5)6)34-17-14-27(35(2,3)4)22-31(34)26-12-10-9-11-13-26/h9-17,20-23,33H,18-19,24H2,1-8H3. The monoisotopic (exact) mass is 537 g/mol. The molecular weight excluding hydrogens is 494 g/mol. The summed E-state index contributed by atoms with van der Waals surface area (Å²) in [6, 6.07) is 24.3. The molecule has 3 aromatic carbocycles. The van der Waals surface area contributed by atoms with Crippen LogP contribution in [-0.2, 0) is 5.41 Å². The molecule has 39 heavy (non-hydrogen) atoms. The Labute approximate surface area is 241 Å². The number of allylic oxidation sites excluding steroid dienone is 4. The Balaban J connectivity index is 1.76. The van der Waals surface area contributed by atoms with Crippen molar-refractivity contribution in [3.8, 4) is 11.1 Å². The average Bonchev–Trinajstić information content (AvgIpc) is 2.87. The van der Waals surface area contributed by atoms with Gasteiger partial charge in [-0.25, -0.2) is 0 Å². The molecule has 1 saturated carbocycles. The van der Waals surface area contributed by atoms with Gasteiger partial charge in [0, 0.05) is 22.0 Å². The summed E-state index contributed by atoms with van der Waals surface area (Å²) in [6.45, 7) is 18.8. The van der Waals surface area contributed by atoms with Crippen LogP contribution < -0.4 is 4.90 Å². The molecule has 1 atom stereocenters. The summed E-state index contributed by atoms with van der Waals surface area (Å²) < 4.78 is 0. The van der Waals surface area contributed by atoms with Crippen LogP contribution in [0.3, 0.4) is 0 Å². The summed E-state index contributed by atoms with van der Waals surface area (Å²) >= 11 is 6.70. The molecule has 5 rings (SSSR count). The fraction of sp³-hybridized carbons (Fsp3) is 0.405. The van der Waals surface area contributed by atoms with Gasteiger partial charge in [0.1, 0.15) is 0 Å². The van der Waals surface area contributed by atoms with Crippen LogP contribution in [0.15, 0.2) is 90.2 Å². The molecule has 1 unspecified atom stereocenters. The van der Waals surface area contributed by atoms with Crippen LogP contribution in [0, 0.1) is 23.7 Å². The van der Waals surface area contributed by atoms with Crippen molar-refractivity contribution in [1.29, 1.82) is 0 Å². The number of hydrogen-bond donors (Lipinski definition) is 0. The molecule has 0 N–H and O–H groups in total. The second kappa shape index (κ2) is 10.0. The van der Waals surface area contributed by atoms with Gasteiger partial charge in [0.25, 0.3) is 0 Å². The maximum atomic E-state index is 6.70. The average molecular weight is 538 g/mol. The van der Waals surface area contributed by atoms with Crippen molar-refractivity contribution in [1.82, 2.24) is 0 Å². The molecule has 0 aliphatic heterocycles. The molecule has 1 nitrogen and oxygen atoms in total. The van der Waals surface area contributed by atoms with E-state index in [1.54, 1.807) is 5.57 Å². The van der Waals surface area contributed by atoms with Gasteiger partial charge in [0.15, 0.2) is 0 Å². The van der Waals surface area contributed by atoms with Crippen LogP contribution in [0.1, 0.15) is 78.9 Å². The summed E-state index contributed by atoms with van der Waals surface area (Å²) in [5.41, 5.74) is 10.8. The summed E-state index contributed by atoms with van der Waals surface area (Å²) in [5.74, 6) is 0.512. The second-order valence-corrected chi connectivity index (χ2v) is 14.5. The van der Waals surface area contributed by atoms with E-state index in [9.17, 15) is 0 Å². The fourth-order valence-electron chi connectivity index (χ4n) is 6.56. The van der Waals surface area contributed by atoms with Crippen LogP contribution in [0.25, 0.3) is 11.1 Å². The first kappa shape index (κ1) is 27.8. The SMILES string of the molecule is Cc1cc(Cl)cc(N(C2=CC=C3C(C2)C(C)(C)CCC3(C)C)c2ccc(C(C)(C)C)cc2-c2ccccc2)c1. The van der Waals surface area contributed by atoms with Crippen molar-refractivity contribution in [3.05, 3.63) is 106 Å². The zero-order valence-electron chi connectivity index (χ0n) is 25.0. The van der Waals surface area contributed by atoms with E-state index in [1.807, 2.05) is 6.07 Å². The molecule has 3 aromatic rings. The first-order chi connectivity index (χ1) is 18.3. The molecule has 0 heterocycles.